The molecule has 1 aliphatic heterocycles. The summed E-state index contributed by atoms with van der Waals surface area (Å²) in [5.41, 5.74) is 0.295. The Balaban J connectivity index is 1.64. The van der Waals surface area contributed by atoms with Crippen LogP contribution in [0.5, 0.6) is 5.75 Å². The second kappa shape index (κ2) is 7.65. The van der Waals surface area contributed by atoms with Crippen LogP contribution in [-0.4, -0.2) is 58.6 Å². The number of ether oxygens (including phenoxy) is 1. The number of piperazine rings is 1. The largest absolute Gasteiger partial charge is 0.478 e. The minimum absolute atomic E-state index is 0.0114. The van der Waals surface area contributed by atoms with Crippen LogP contribution in [0, 0.1) is 0 Å². The fourth-order valence-corrected chi connectivity index (χ4v) is 2.93. The Hall–Kier alpha value is -3.09. The first kappa shape index (κ1) is 18.7. The van der Waals surface area contributed by atoms with E-state index >= 15 is 0 Å². The van der Waals surface area contributed by atoms with Gasteiger partial charge in [0.15, 0.2) is 5.60 Å². The maximum absolute atomic E-state index is 12.5. The molecule has 3 rings (SSSR count). The highest BCUT2D eigenvalue weighted by Crippen LogP contribution is 2.25. The monoisotopic (exact) mass is 369 g/mol. The van der Waals surface area contributed by atoms with Gasteiger partial charge in [-0.2, -0.15) is 0 Å². The topological polar surface area (TPSA) is 83.0 Å². The van der Waals surface area contributed by atoms with E-state index in [1.54, 1.807) is 30.6 Å². The summed E-state index contributed by atoms with van der Waals surface area (Å²) in [6, 6.07) is 10.8. The highest BCUT2D eigenvalue weighted by atomic mass is 16.5. The zero-order chi connectivity index (χ0) is 19.4. The quantitative estimate of drug-likeness (QED) is 0.871. The van der Waals surface area contributed by atoms with Gasteiger partial charge in [-0.15, -0.1) is 0 Å². The number of carboxylic acid groups (broad SMARTS) is 1. The van der Waals surface area contributed by atoms with Gasteiger partial charge in [0.1, 0.15) is 5.75 Å². The average molecular weight is 369 g/mol. The summed E-state index contributed by atoms with van der Waals surface area (Å²) in [6.07, 6.45) is 3.24. The Labute approximate surface area is 158 Å². The van der Waals surface area contributed by atoms with Gasteiger partial charge in [-0.05, 0) is 38.1 Å². The van der Waals surface area contributed by atoms with Crippen LogP contribution in [0.3, 0.4) is 0 Å². The van der Waals surface area contributed by atoms with Crippen LogP contribution < -0.4 is 9.64 Å². The zero-order valence-corrected chi connectivity index (χ0v) is 15.5. The van der Waals surface area contributed by atoms with Gasteiger partial charge >= 0.3 is 5.97 Å². The fourth-order valence-electron chi connectivity index (χ4n) is 2.93. The predicted octanol–water partition coefficient (Wildman–Crippen LogP) is 2.29. The van der Waals surface area contributed by atoms with Crippen molar-refractivity contribution in [3.63, 3.8) is 0 Å². The lowest BCUT2D eigenvalue weighted by Crippen LogP contribution is -2.48. The van der Waals surface area contributed by atoms with Crippen molar-refractivity contribution in [2.24, 2.45) is 0 Å². The van der Waals surface area contributed by atoms with Crippen LogP contribution in [-0.2, 0) is 4.79 Å². The van der Waals surface area contributed by atoms with Crippen LogP contribution in [0.4, 0.5) is 5.69 Å². The number of aromatic nitrogens is 1. The molecule has 142 valence electrons. The zero-order valence-electron chi connectivity index (χ0n) is 15.5. The van der Waals surface area contributed by atoms with Crippen molar-refractivity contribution in [1.29, 1.82) is 0 Å². The first-order chi connectivity index (χ1) is 12.9. The first-order valence-corrected chi connectivity index (χ1v) is 8.83. The number of benzene rings is 1. The first-order valence-electron chi connectivity index (χ1n) is 8.83. The molecule has 1 saturated heterocycles. The third-order valence-electron chi connectivity index (χ3n) is 4.56. The fraction of sp³-hybridized carbons (Fsp3) is 0.350. The van der Waals surface area contributed by atoms with Crippen molar-refractivity contribution in [1.82, 2.24) is 9.88 Å². The number of pyridine rings is 1. The van der Waals surface area contributed by atoms with E-state index in [9.17, 15) is 14.7 Å². The number of hydrogen-bond donors (Lipinski definition) is 1. The minimum Gasteiger partial charge on any atom is -0.478 e. The van der Waals surface area contributed by atoms with E-state index in [4.69, 9.17) is 4.74 Å². The summed E-state index contributed by atoms with van der Waals surface area (Å²) < 4.78 is 5.62. The lowest BCUT2D eigenvalue weighted by molar-refractivity contribution is -0.152. The summed E-state index contributed by atoms with van der Waals surface area (Å²) in [4.78, 5) is 31.7. The molecule has 7 nitrogen and oxygen atoms in total. The number of hydrogen-bond acceptors (Lipinski definition) is 5. The Morgan fingerprint density at radius 2 is 1.74 bits per heavy atom. The second-order valence-electron chi connectivity index (χ2n) is 6.93. The number of aliphatic carboxylic acids is 1. The average Bonchev–Trinajstić information content (AvgIpc) is 2.68. The number of rotatable bonds is 5. The molecule has 1 aliphatic rings. The molecular weight excluding hydrogens is 346 g/mol. The summed E-state index contributed by atoms with van der Waals surface area (Å²) in [5, 5.41) is 9.22. The van der Waals surface area contributed by atoms with Gasteiger partial charge in [-0.1, -0.05) is 6.07 Å². The van der Waals surface area contributed by atoms with E-state index in [1.165, 1.54) is 13.8 Å². The Bertz CT molecular complexity index is 815. The molecule has 2 aromatic rings. The normalized spacial score (nSPS) is 14.7. The Kier molecular flexibility index (Phi) is 5.30. The van der Waals surface area contributed by atoms with Gasteiger partial charge in [0.05, 0.1) is 0 Å². The van der Waals surface area contributed by atoms with Gasteiger partial charge in [0, 0.05) is 55.9 Å². The molecule has 0 bridgehead atoms. The van der Waals surface area contributed by atoms with E-state index in [1.807, 2.05) is 23.1 Å². The van der Waals surface area contributed by atoms with Gasteiger partial charge in [-0.3, -0.25) is 9.78 Å². The van der Waals surface area contributed by atoms with Crippen LogP contribution in [0.1, 0.15) is 24.2 Å². The van der Waals surface area contributed by atoms with E-state index < -0.39 is 11.6 Å². The second-order valence-corrected chi connectivity index (χ2v) is 6.93. The molecule has 1 aromatic carbocycles. The van der Waals surface area contributed by atoms with E-state index in [2.05, 4.69) is 9.88 Å². The van der Waals surface area contributed by atoms with Crippen molar-refractivity contribution in [2.45, 2.75) is 19.4 Å². The highest BCUT2D eigenvalue weighted by Gasteiger charge is 2.29. The Morgan fingerprint density at radius 1 is 1.07 bits per heavy atom. The standard InChI is InChI=1S/C20H23N3O4/c1-20(2,19(25)26)27-17-5-3-4-16(14-17)22-10-12-23(13-11-22)18(24)15-6-8-21-9-7-15/h3-9,14H,10-13H2,1-2H3,(H,25,26). The van der Waals surface area contributed by atoms with Crippen molar-refractivity contribution >= 4 is 17.6 Å². The highest BCUT2D eigenvalue weighted by molar-refractivity contribution is 5.94. The van der Waals surface area contributed by atoms with Crippen LogP contribution >= 0.6 is 0 Å². The molecule has 0 radical (unpaired) electrons. The number of amides is 1. The van der Waals surface area contributed by atoms with E-state index in [-0.39, 0.29) is 5.91 Å². The van der Waals surface area contributed by atoms with Crippen LogP contribution in [0.2, 0.25) is 0 Å². The van der Waals surface area contributed by atoms with Crippen molar-refractivity contribution in [3.8, 4) is 5.75 Å². The molecule has 0 unspecified atom stereocenters. The van der Waals surface area contributed by atoms with Crippen LogP contribution in [0.25, 0.3) is 0 Å². The summed E-state index contributed by atoms with van der Waals surface area (Å²) in [6.45, 7) is 5.67. The van der Waals surface area contributed by atoms with Gasteiger partial charge in [0.25, 0.3) is 5.91 Å². The minimum atomic E-state index is -1.30. The number of carboxylic acids is 1. The molecule has 27 heavy (non-hydrogen) atoms. The molecule has 7 heteroatoms. The summed E-state index contributed by atoms with van der Waals surface area (Å²) in [7, 11) is 0. The maximum Gasteiger partial charge on any atom is 0.347 e. The third kappa shape index (κ3) is 4.36. The summed E-state index contributed by atoms with van der Waals surface area (Å²) in [5.74, 6) is -0.497. The van der Waals surface area contributed by atoms with Crippen molar-refractivity contribution in [3.05, 3.63) is 54.4 Å². The maximum atomic E-state index is 12.5. The summed E-state index contributed by atoms with van der Waals surface area (Å²) >= 11 is 0. The number of nitrogens with zero attached hydrogens (tertiary/aromatic N) is 3. The third-order valence-corrected chi connectivity index (χ3v) is 4.56. The van der Waals surface area contributed by atoms with Crippen molar-refractivity contribution in [2.75, 3.05) is 31.1 Å². The Morgan fingerprint density at radius 3 is 2.37 bits per heavy atom. The number of carbonyl (C=O) groups is 2. The predicted molar refractivity (Wildman–Crippen MR) is 101 cm³/mol. The van der Waals surface area contributed by atoms with Gasteiger partial charge in [-0.25, -0.2) is 4.79 Å². The van der Waals surface area contributed by atoms with E-state index in [0.717, 1.165) is 5.69 Å². The van der Waals surface area contributed by atoms with Gasteiger partial charge < -0.3 is 19.6 Å². The number of anilines is 1. The molecule has 1 N–H and O–H groups in total. The molecule has 2 heterocycles. The van der Waals surface area contributed by atoms with Crippen molar-refractivity contribution < 1.29 is 19.4 Å². The molecule has 0 spiro atoms. The molecule has 1 fully saturated rings. The van der Waals surface area contributed by atoms with Crippen LogP contribution in [0.15, 0.2) is 48.8 Å². The molecule has 1 amide bonds. The smallest absolute Gasteiger partial charge is 0.347 e. The lowest BCUT2D eigenvalue weighted by Gasteiger charge is -2.36. The van der Waals surface area contributed by atoms with E-state index in [0.29, 0.717) is 37.5 Å². The SMILES string of the molecule is CC(C)(Oc1cccc(N2CCN(C(=O)c3ccncc3)CC2)c1)C(=O)O. The molecular formula is C20H23N3O4. The lowest BCUT2D eigenvalue weighted by atomic mass is 10.1. The molecule has 0 aliphatic carbocycles. The molecule has 0 atom stereocenters. The molecule has 0 saturated carbocycles. The molecule has 1 aromatic heterocycles. The van der Waals surface area contributed by atoms with Gasteiger partial charge in [0.2, 0.25) is 0 Å². The number of carbonyl (C=O) groups excluding carboxylic acids is 1.